The maximum Gasteiger partial charge on any atom is 0.335 e. The smallest absolute Gasteiger partial charge is 0.335 e. The number of amidine groups is 1. The van der Waals surface area contributed by atoms with Gasteiger partial charge in [-0.05, 0) is 38.5 Å². The number of carbonyl (C=O) groups is 1. The fraction of sp³-hybridized carbons (Fsp3) is 0.727. The minimum atomic E-state index is -0.259. The number of hydrogen-bond donors (Lipinski definition) is 0. The predicted molar refractivity (Wildman–Crippen MR) is 80.7 cm³/mol. The lowest BCUT2D eigenvalue weighted by molar-refractivity contribution is 0.217. The quantitative estimate of drug-likeness (QED) is 0.578. The molecule has 0 saturated carbocycles. The summed E-state index contributed by atoms with van der Waals surface area (Å²) in [5, 5.41) is 1.92. The molecule has 2 rings (SSSR count). The molecule has 2 amide bonds. The van der Waals surface area contributed by atoms with E-state index in [2.05, 4.69) is 37.6 Å². The van der Waals surface area contributed by atoms with Gasteiger partial charge in [0.15, 0.2) is 10.3 Å². The Bertz CT molecular complexity index is 436. The van der Waals surface area contributed by atoms with Gasteiger partial charge in [-0.25, -0.2) is 4.79 Å². The molecule has 0 spiro atoms. The first-order chi connectivity index (χ1) is 8.34. The predicted octanol–water partition coefficient (Wildman–Crippen LogP) is 2.39. The van der Waals surface area contributed by atoms with Gasteiger partial charge in [0.05, 0.1) is 0 Å². The molecule has 1 atom stereocenters. The molecule has 2 aliphatic rings. The Labute approximate surface area is 115 Å². The molecule has 5 nitrogen and oxygen atoms in total. The van der Waals surface area contributed by atoms with Gasteiger partial charge in [-0.2, -0.15) is 4.99 Å². The van der Waals surface area contributed by atoms with Gasteiger partial charge in [0.2, 0.25) is 0 Å². The van der Waals surface area contributed by atoms with Crippen LogP contribution in [0.5, 0.6) is 0 Å². The van der Waals surface area contributed by atoms with Crippen LogP contribution in [-0.2, 0) is 0 Å². The van der Waals surface area contributed by atoms with Crippen molar-refractivity contribution in [2.75, 3.05) is 14.1 Å². The third-order valence-corrected chi connectivity index (χ3v) is 6.91. The Morgan fingerprint density at radius 3 is 2.22 bits per heavy atom. The van der Waals surface area contributed by atoms with E-state index in [9.17, 15) is 4.79 Å². The van der Waals surface area contributed by atoms with Crippen molar-refractivity contribution < 1.29 is 4.79 Å². The molecule has 0 aromatic heterocycles. The van der Waals surface area contributed by atoms with Crippen molar-refractivity contribution in [1.82, 2.24) is 14.1 Å². The number of urea groups is 1. The summed E-state index contributed by atoms with van der Waals surface area (Å²) >= 11 is 0. The molecule has 0 aliphatic carbocycles. The van der Waals surface area contributed by atoms with Crippen LogP contribution >= 0.6 is 20.5 Å². The second-order valence-corrected chi connectivity index (χ2v) is 8.33. The Morgan fingerprint density at radius 2 is 1.78 bits per heavy atom. The van der Waals surface area contributed by atoms with Crippen molar-refractivity contribution in [3.63, 3.8) is 0 Å². The number of nitrogens with zero attached hydrogens (tertiary/aromatic N) is 4. The normalized spacial score (nSPS) is 23.3. The zero-order valence-electron chi connectivity index (χ0n) is 11.7. The van der Waals surface area contributed by atoms with Gasteiger partial charge < -0.3 is 4.90 Å². The van der Waals surface area contributed by atoms with Gasteiger partial charge >= 0.3 is 6.03 Å². The SMILES string of the molecule is CC(C)N(C1=NC2=S(S1)N(C)C(=O)N2C)C(C)C. The summed E-state index contributed by atoms with van der Waals surface area (Å²) in [7, 11) is 5.07. The van der Waals surface area contributed by atoms with E-state index in [1.807, 2.05) is 7.05 Å². The maximum absolute atomic E-state index is 11.8. The highest BCUT2D eigenvalue weighted by Gasteiger charge is 2.39. The zero-order valence-corrected chi connectivity index (χ0v) is 13.3. The molecule has 0 aromatic carbocycles. The van der Waals surface area contributed by atoms with Crippen LogP contribution in [0.3, 0.4) is 0 Å². The lowest BCUT2D eigenvalue weighted by Crippen LogP contribution is -2.41. The van der Waals surface area contributed by atoms with E-state index in [1.54, 1.807) is 27.0 Å². The molecule has 0 N–H and O–H groups in total. The summed E-state index contributed by atoms with van der Waals surface area (Å²) in [6.45, 7) is 8.68. The molecule has 0 fully saturated rings. The first kappa shape index (κ1) is 13.7. The molecule has 0 aromatic rings. The molecule has 18 heavy (non-hydrogen) atoms. The highest BCUT2D eigenvalue weighted by molar-refractivity contribution is 8.88. The molecule has 0 radical (unpaired) electrons. The molecule has 7 heteroatoms. The molecule has 0 saturated heterocycles. The van der Waals surface area contributed by atoms with E-state index in [0.717, 1.165) is 10.3 Å². The van der Waals surface area contributed by atoms with E-state index in [0.29, 0.717) is 12.1 Å². The van der Waals surface area contributed by atoms with Crippen molar-refractivity contribution in [3.05, 3.63) is 0 Å². The number of hydrogen-bond acceptors (Lipinski definition) is 4. The summed E-state index contributed by atoms with van der Waals surface area (Å²) < 4.78 is 1.77. The van der Waals surface area contributed by atoms with Crippen molar-refractivity contribution in [2.45, 2.75) is 39.8 Å². The number of rotatable bonds is 2. The average molecular weight is 288 g/mol. The largest absolute Gasteiger partial charge is 0.346 e. The van der Waals surface area contributed by atoms with Crippen molar-refractivity contribution in [2.24, 2.45) is 4.99 Å². The monoisotopic (exact) mass is 288 g/mol. The average Bonchev–Trinajstić information content (AvgIpc) is 2.76. The minimum absolute atomic E-state index is 0.0317. The van der Waals surface area contributed by atoms with Gasteiger partial charge in [-0.1, -0.05) is 0 Å². The number of carbonyl (C=O) groups excluding carboxylic acids is 1. The lowest BCUT2D eigenvalue weighted by Gasteiger charge is -2.32. The fourth-order valence-corrected chi connectivity index (χ4v) is 6.11. The molecular weight excluding hydrogens is 268 g/mol. The van der Waals surface area contributed by atoms with Crippen LogP contribution in [0.15, 0.2) is 4.99 Å². The lowest BCUT2D eigenvalue weighted by atomic mass is 10.2. The van der Waals surface area contributed by atoms with E-state index in [-0.39, 0.29) is 15.7 Å². The van der Waals surface area contributed by atoms with Gasteiger partial charge in [0.1, 0.15) is 0 Å². The molecule has 0 bridgehead atoms. The van der Waals surface area contributed by atoms with Crippen LogP contribution < -0.4 is 0 Å². The topological polar surface area (TPSA) is 39.1 Å². The van der Waals surface area contributed by atoms with Crippen molar-refractivity contribution in [1.29, 1.82) is 0 Å². The Morgan fingerprint density at radius 1 is 1.22 bits per heavy atom. The van der Waals surface area contributed by atoms with Gasteiger partial charge in [-0.15, -0.1) is 0 Å². The summed E-state index contributed by atoms with van der Waals surface area (Å²) in [6.07, 6.45) is 0. The van der Waals surface area contributed by atoms with E-state index in [4.69, 9.17) is 0 Å². The fourth-order valence-electron chi connectivity index (χ4n) is 2.12. The Kier molecular flexibility index (Phi) is 3.64. The molecule has 2 heterocycles. The molecule has 2 aliphatic heterocycles. The van der Waals surface area contributed by atoms with E-state index < -0.39 is 0 Å². The summed E-state index contributed by atoms with van der Waals surface area (Å²) in [5.74, 6) is 0. The third-order valence-electron chi connectivity index (χ3n) is 2.93. The van der Waals surface area contributed by atoms with Crippen LogP contribution in [0, 0.1) is 0 Å². The minimum Gasteiger partial charge on any atom is -0.346 e. The molecular formula is C11H20N4OS2. The van der Waals surface area contributed by atoms with E-state index in [1.165, 1.54) is 0 Å². The van der Waals surface area contributed by atoms with Crippen molar-refractivity contribution in [3.8, 4) is 0 Å². The molecule has 102 valence electrons. The van der Waals surface area contributed by atoms with Gasteiger partial charge in [0.25, 0.3) is 0 Å². The highest BCUT2D eigenvalue weighted by atomic mass is 33.1. The standard InChI is InChI=1S/C11H20N4OS2/c1-7(2)15(8(3)4)9-12-10-13(5)11(16)14(6)18(10)17-9/h7-8H,1-6H3. The van der Waals surface area contributed by atoms with Gasteiger partial charge in [-0.3, -0.25) is 9.21 Å². The second kappa shape index (κ2) is 4.77. The summed E-state index contributed by atoms with van der Waals surface area (Å²) in [5.41, 5.74) is 0. The van der Waals surface area contributed by atoms with Crippen LogP contribution in [-0.4, -0.2) is 56.6 Å². The Hall–Kier alpha value is -0.690. The third kappa shape index (κ3) is 2.03. The summed E-state index contributed by atoms with van der Waals surface area (Å²) in [6, 6.07) is 0.850. The van der Waals surface area contributed by atoms with Crippen LogP contribution in [0.2, 0.25) is 0 Å². The van der Waals surface area contributed by atoms with Crippen LogP contribution in [0.25, 0.3) is 0 Å². The highest BCUT2D eigenvalue weighted by Crippen LogP contribution is 2.47. The van der Waals surface area contributed by atoms with Crippen LogP contribution in [0.1, 0.15) is 27.7 Å². The van der Waals surface area contributed by atoms with Crippen molar-refractivity contribution >= 4 is 36.8 Å². The second-order valence-electron chi connectivity index (χ2n) is 4.94. The summed E-state index contributed by atoms with van der Waals surface area (Å²) in [4.78, 5) is 20.4. The molecule has 1 unspecified atom stereocenters. The zero-order chi connectivity index (χ0) is 13.6. The maximum atomic E-state index is 11.8. The van der Waals surface area contributed by atoms with Crippen LogP contribution in [0.4, 0.5) is 4.79 Å². The first-order valence-electron chi connectivity index (χ1n) is 6.02. The van der Waals surface area contributed by atoms with Gasteiger partial charge in [0, 0.05) is 35.9 Å². The van der Waals surface area contributed by atoms with E-state index >= 15 is 0 Å². The first-order valence-corrected chi connectivity index (χ1v) is 8.54. The Balaban J connectivity index is 2.26. The number of amides is 2. The number of aliphatic imine (C=N–C) groups is 1.